The van der Waals surface area contributed by atoms with Crippen LogP contribution in [0.2, 0.25) is 0 Å². The molecular weight excluding hydrogens is 289 g/mol. The molecule has 90 valence electrons. The lowest BCUT2D eigenvalue weighted by atomic mass is 9.91. The van der Waals surface area contributed by atoms with Gasteiger partial charge in [0.05, 0.1) is 12.5 Å². The van der Waals surface area contributed by atoms with Crippen molar-refractivity contribution in [3.05, 3.63) is 22.2 Å². The largest absolute Gasteiger partial charge is 0.466 e. The van der Waals surface area contributed by atoms with Crippen molar-refractivity contribution in [3.63, 3.8) is 0 Å². The standard InChI is InChI=1S/C10H10BrF3O2/c1-2-16-9(15)7-4-3-6(11)5-8(7)10(12,13)14/h3,5,7H,2,4H2,1H3. The van der Waals surface area contributed by atoms with Gasteiger partial charge in [-0.25, -0.2) is 0 Å². The fourth-order valence-electron chi connectivity index (χ4n) is 1.41. The molecule has 1 unspecified atom stereocenters. The molecule has 0 heterocycles. The maximum absolute atomic E-state index is 12.6. The summed E-state index contributed by atoms with van der Waals surface area (Å²) < 4.78 is 42.9. The molecule has 1 atom stereocenters. The summed E-state index contributed by atoms with van der Waals surface area (Å²) in [5, 5.41) is 0. The lowest BCUT2D eigenvalue weighted by molar-refractivity contribution is -0.151. The van der Waals surface area contributed by atoms with Gasteiger partial charge in [0, 0.05) is 10.1 Å². The minimum Gasteiger partial charge on any atom is -0.466 e. The van der Waals surface area contributed by atoms with E-state index in [1.807, 2.05) is 0 Å². The summed E-state index contributed by atoms with van der Waals surface area (Å²) in [7, 11) is 0. The Morgan fingerprint density at radius 1 is 1.62 bits per heavy atom. The first-order valence-electron chi connectivity index (χ1n) is 4.67. The number of halogens is 4. The Labute approximate surface area is 99.3 Å². The summed E-state index contributed by atoms with van der Waals surface area (Å²) in [4.78, 5) is 11.4. The average molecular weight is 299 g/mol. The predicted molar refractivity (Wildman–Crippen MR) is 55.9 cm³/mol. The van der Waals surface area contributed by atoms with Crippen LogP contribution in [0.1, 0.15) is 13.3 Å². The van der Waals surface area contributed by atoms with Crippen molar-refractivity contribution in [2.24, 2.45) is 5.92 Å². The van der Waals surface area contributed by atoms with E-state index >= 15 is 0 Å². The molecule has 0 bridgehead atoms. The molecule has 0 fully saturated rings. The number of ether oxygens (including phenoxy) is 1. The van der Waals surface area contributed by atoms with Crippen molar-refractivity contribution < 1.29 is 22.7 Å². The molecule has 2 nitrogen and oxygen atoms in total. The zero-order chi connectivity index (χ0) is 12.3. The smallest absolute Gasteiger partial charge is 0.413 e. The first-order chi connectivity index (χ1) is 7.36. The van der Waals surface area contributed by atoms with Crippen LogP contribution in [0.3, 0.4) is 0 Å². The Morgan fingerprint density at radius 3 is 2.75 bits per heavy atom. The molecule has 0 aromatic heterocycles. The molecule has 0 aliphatic heterocycles. The monoisotopic (exact) mass is 298 g/mol. The van der Waals surface area contributed by atoms with E-state index in [-0.39, 0.29) is 13.0 Å². The highest BCUT2D eigenvalue weighted by molar-refractivity contribution is 9.11. The van der Waals surface area contributed by atoms with Gasteiger partial charge >= 0.3 is 12.1 Å². The number of allylic oxidation sites excluding steroid dienone is 3. The van der Waals surface area contributed by atoms with Crippen LogP contribution in [0.25, 0.3) is 0 Å². The van der Waals surface area contributed by atoms with E-state index in [4.69, 9.17) is 0 Å². The molecule has 0 radical (unpaired) electrons. The van der Waals surface area contributed by atoms with Crippen LogP contribution in [0.5, 0.6) is 0 Å². The van der Waals surface area contributed by atoms with E-state index in [1.54, 1.807) is 6.92 Å². The Hall–Kier alpha value is -0.780. The zero-order valence-electron chi connectivity index (χ0n) is 8.47. The van der Waals surface area contributed by atoms with Crippen LogP contribution < -0.4 is 0 Å². The first kappa shape index (κ1) is 13.3. The molecule has 0 amide bonds. The van der Waals surface area contributed by atoms with Gasteiger partial charge in [0.15, 0.2) is 0 Å². The van der Waals surface area contributed by atoms with E-state index in [1.165, 1.54) is 6.08 Å². The average Bonchev–Trinajstić information content (AvgIpc) is 2.16. The Morgan fingerprint density at radius 2 is 2.25 bits per heavy atom. The van der Waals surface area contributed by atoms with E-state index < -0.39 is 23.6 Å². The van der Waals surface area contributed by atoms with Crippen molar-refractivity contribution in [2.75, 3.05) is 6.61 Å². The summed E-state index contributed by atoms with van der Waals surface area (Å²) in [5.74, 6) is -2.08. The Bertz CT molecular complexity index is 344. The molecule has 0 saturated carbocycles. The summed E-state index contributed by atoms with van der Waals surface area (Å²) in [5.41, 5.74) is -0.861. The molecule has 1 aliphatic rings. The van der Waals surface area contributed by atoms with Crippen LogP contribution in [-0.4, -0.2) is 18.8 Å². The van der Waals surface area contributed by atoms with Crippen LogP contribution in [0, 0.1) is 5.92 Å². The van der Waals surface area contributed by atoms with Gasteiger partial charge in [-0.05, 0) is 19.4 Å². The zero-order valence-corrected chi connectivity index (χ0v) is 10.1. The molecule has 16 heavy (non-hydrogen) atoms. The van der Waals surface area contributed by atoms with Crippen molar-refractivity contribution in [3.8, 4) is 0 Å². The van der Waals surface area contributed by atoms with Crippen LogP contribution in [0.4, 0.5) is 13.2 Å². The van der Waals surface area contributed by atoms with E-state index in [2.05, 4.69) is 20.7 Å². The molecule has 0 aromatic carbocycles. The van der Waals surface area contributed by atoms with Gasteiger partial charge in [-0.2, -0.15) is 13.2 Å². The van der Waals surface area contributed by atoms with Crippen molar-refractivity contribution in [1.82, 2.24) is 0 Å². The Kier molecular flexibility index (Phi) is 4.18. The fourth-order valence-corrected chi connectivity index (χ4v) is 1.84. The van der Waals surface area contributed by atoms with E-state index in [9.17, 15) is 18.0 Å². The van der Waals surface area contributed by atoms with E-state index in [0.29, 0.717) is 4.48 Å². The Balaban J connectivity index is 2.96. The number of hydrogen-bond donors (Lipinski definition) is 0. The SMILES string of the molecule is CCOC(=O)C1CC=C(Br)C=C1C(F)(F)F. The van der Waals surface area contributed by atoms with Crippen LogP contribution in [-0.2, 0) is 9.53 Å². The second-order valence-electron chi connectivity index (χ2n) is 3.23. The highest BCUT2D eigenvalue weighted by Crippen LogP contribution is 2.38. The maximum Gasteiger partial charge on any atom is 0.413 e. The molecule has 0 N–H and O–H groups in total. The second-order valence-corrected chi connectivity index (χ2v) is 4.14. The van der Waals surface area contributed by atoms with Gasteiger partial charge in [0.1, 0.15) is 0 Å². The summed E-state index contributed by atoms with van der Waals surface area (Å²) in [6.45, 7) is 1.63. The maximum atomic E-state index is 12.6. The second kappa shape index (κ2) is 5.03. The fraction of sp³-hybridized carbons (Fsp3) is 0.500. The summed E-state index contributed by atoms with van der Waals surface area (Å²) in [6.07, 6.45) is -2.06. The highest BCUT2D eigenvalue weighted by atomic mass is 79.9. The minimum absolute atomic E-state index is 0.00472. The molecule has 1 rings (SSSR count). The van der Waals surface area contributed by atoms with Crippen molar-refractivity contribution >= 4 is 21.9 Å². The third-order valence-corrected chi connectivity index (χ3v) is 2.67. The molecule has 0 saturated heterocycles. The first-order valence-corrected chi connectivity index (χ1v) is 5.46. The third kappa shape index (κ3) is 3.10. The predicted octanol–water partition coefficient (Wildman–Crippen LogP) is 3.34. The number of rotatable bonds is 2. The topological polar surface area (TPSA) is 26.3 Å². The van der Waals surface area contributed by atoms with Gasteiger partial charge in [0.25, 0.3) is 0 Å². The number of esters is 1. The molecule has 0 aromatic rings. The molecule has 0 spiro atoms. The summed E-state index contributed by atoms with van der Waals surface area (Å²) in [6, 6.07) is 0. The molecule has 6 heteroatoms. The summed E-state index contributed by atoms with van der Waals surface area (Å²) >= 11 is 2.97. The third-order valence-electron chi connectivity index (χ3n) is 2.12. The number of carbonyl (C=O) groups excluding carboxylic acids is 1. The van der Waals surface area contributed by atoms with Gasteiger partial charge in [-0.1, -0.05) is 22.0 Å². The number of carbonyl (C=O) groups is 1. The minimum atomic E-state index is -4.51. The van der Waals surface area contributed by atoms with Crippen LogP contribution >= 0.6 is 15.9 Å². The highest BCUT2D eigenvalue weighted by Gasteiger charge is 2.43. The van der Waals surface area contributed by atoms with Gasteiger partial charge in [-0.15, -0.1) is 0 Å². The normalized spacial score (nSPS) is 21.2. The molecule has 1 aliphatic carbocycles. The molecular formula is C10H10BrF3O2. The van der Waals surface area contributed by atoms with Crippen molar-refractivity contribution in [2.45, 2.75) is 19.5 Å². The van der Waals surface area contributed by atoms with Gasteiger partial charge in [0.2, 0.25) is 0 Å². The van der Waals surface area contributed by atoms with Gasteiger partial charge in [-0.3, -0.25) is 4.79 Å². The number of hydrogen-bond acceptors (Lipinski definition) is 2. The van der Waals surface area contributed by atoms with Crippen LogP contribution in [0.15, 0.2) is 22.2 Å². The lowest BCUT2D eigenvalue weighted by Crippen LogP contribution is -2.29. The van der Waals surface area contributed by atoms with Gasteiger partial charge < -0.3 is 4.74 Å². The van der Waals surface area contributed by atoms with Crippen molar-refractivity contribution in [1.29, 1.82) is 0 Å². The number of alkyl halides is 3. The van der Waals surface area contributed by atoms with E-state index in [0.717, 1.165) is 6.08 Å². The quantitative estimate of drug-likeness (QED) is 0.731. The lowest BCUT2D eigenvalue weighted by Gasteiger charge is -2.22.